The topological polar surface area (TPSA) is 82.1 Å². The zero-order chi connectivity index (χ0) is 12.0. The Morgan fingerprint density at radius 3 is 2.88 bits per heavy atom. The van der Waals surface area contributed by atoms with Gasteiger partial charge in [-0.2, -0.15) is 0 Å². The minimum Gasteiger partial charge on any atom is -0.409 e. The molecule has 1 aliphatic heterocycles. The Morgan fingerprint density at radius 1 is 1.44 bits per heavy atom. The van der Waals surface area contributed by atoms with Gasteiger partial charge in [0.2, 0.25) is 0 Å². The highest BCUT2D eigenvalue weighted by Crippen LogP contribution is 2.21. The van der Waals surface area contributed by atoms with Crippen molar-refractivity contribution < 1.29 is 10.3 Å². The molecule has 0 aliphatic carbocycles. The van der Waals surface area contributed by atoms with E-state index < -0.39 is 5.60 Å². The summed E-state index contributed by atoms with van der Waals surface area (Å²) in [7, 11) is 0. The Hall–Kier alpha value is -0.810. The first-order valence-corrected chi connectivity index (χ1v) is 5.95. The summed E-state index contributed by atoms with van der Waals surface area (Å²) in [6, 6.07) is 0. The first-order chi connectivity index (χ1) is 7.53. The predicted molar refractivity (Wildman–Crippen MR) is 63.6 cm³/mol. The van der Waals surface area contributed by atoms with Gasteiger partial charge in [-0.15, -0.1) is 0 Å². The Bertz CT molecular complexity index is 241. The van der Waals surface area contributed by atoms with Crippen molar-refractivity contribution in [1.82, 2.24) is 4.90 Å². The molecule has 0 aromatic heterocycles. The molecule has 1 atom stereocenters. The molecule has 1 saturated heterocycles. The van der Waals surface area contributed by atoms with Crippen LogP contribution in [-0.4, -0.2) is 46.3 Å². The fourth-order valence-corrected chi connectivity index (χ4v) is 2.08. The maximum absolute atomic E-state index is 9.93. The second-order valence-corrected chi connectivity index (χ2v) is 4.89. The normalized spacial score (nSPS) is 29.0. The summed E-state index contributed by atoms with van der Waals surface area (Å²) in [6.07, 6.45) is 4.28. The predicted octanol–water partition coefficient (Wildman–Crippen LogP) is 0.750. The van der Waals surface area contributed by atoms with E-state index in [1.165, 1.54) is 0 Å². The van der Waals surface area contributed by atoms with E-state index in [1.54, 1.807) is 0 Å². The molecule has 0 aromatic carbocycles. The van der Waals surface area contributed by atoms with Crippen LogP contribution < -0.4 is 5.73 Å². The van der Waals surface area contributed by atoms with Crippen LogP contribution in [0.25, 0.3) is 0 Å². The van der Waals surface area contributed by atoms with E-state index >= 15 is 0 Å². The summed E-state index contributed by atoms with van der Waals surface area (Å²) in [5.74, 6) is 0.293. The van der Waals surface area contributed by atoms with Crippen LogP contribution in [0.4, 0.5) is 0 Å². The van der Waals surface area contributed by atoms with Crippen LogP contribution in [0.2, 0.25) is 0 Å². The smallest absolute Gasteiger partial charge is 0.139 e. The number of rotatable bonds is 4. The monoisotopic (exact) mass is 229 g/mol. The van der Waals surface area contributed by atoms with Crippen molar-refractivity contribution in [3.63, 3.8) is 0 Å². The summed E-state index contributed by atoms with van der Waals surface area (Å²) in [6.45, 7) is 4.83. The van der Waals surface area contributed by atoms with Crippen LogP contribution in [0.1, 0.15) is 39.0 Å². The van der Waals surface area contributed by atoms with Gasteiger partial charge in [0, 0.05) is 13.0 Å². The van der Waals surface area contributed by atoms with Crippen molar-refractivity contribution in [1.29, 1.82) is 0 Å². The van der Waals surface area contributed by atoms with E-state index in [9.17, 15) is 5.11 Å². The van der Waals surface area contributed by atoms with Crippen LogP contribution in [0, 0.1) is 0 Å². The van der Waals surface area contributed by atoms with Gasteiger partial charge in [0.15, 0.2) is 0 Å². The zero-order valence-corrected chi connectivity index (χ0v) is 10.0. The minimum atomic E-state index is -0.500. The van der Waals surface area contributed by atoms with Gasteiger partial charge >= 0.3 is 0 Å². The largest absolute Gasteiger partial charge is 0.409 e. The number of nitrogens with zero attached hydrogens (tertiary/aromatic N) is 2. The van der Waals surface area contributed by atoms with Crippen molar-refractivity contribution >= 4 is 5.84 Å². The second kappa shape index (κ2) is 6.06. The van der Waals surface area contributed by atoms with E-state index in [1.807, 2.05) is 6.92 Å². The van der Waals surface area contributed by atoms with Crippen molar-refractivity contribution in [3.8, 4) is 0 Å². The summed E-state index contributed by atoms with van der Waals surface area (Å²) in [4.78, 5) is 2.34. The third-order valence-electron chi connectivity index (χ3n) is 3.19. The van der Waals surface area contributed by atoms with Crippen molar-refractivity contribution in [2.75, 3.05) is 19.6 Å². The molecular formula is C11H23N3O2. The summed E-state index contributed by atoms with van der Waals surface area (Å²) >= 11 is 0. The maximum atomic E-state index is 9.93. The Labute approximate surface area is 96.9 Å². The summed E-state index contributed by atoms with van der Waals surface area (Å²) < 4.78 is 0. The molecular weight excluding hydrogens is 206 g/mol. The van der Waals surface area contributed by atoms with E-state index in [0.717, 1.165) is 45.3 Å². The van der Waals surface area contributed by atoms with Crippen LogP contribution >= 0.6 is 0 Å². The fourth-order valence-electron chi connectivity index (χ4n) is 2.08. The molecule has 1 rings (SSSR count). The SMILES string of the molecule is CC1(O)CCCN(CCCC(N)=NO)CC1. The first kappa shape index (κ1) is 13.3. The average molecular weight is 229 g/mol. The molecule has 16 heavy (non-hydrogen) atoms. The number of nitrogens with two attached hydrogens (primary N) is 1. The Balaban J connectivity index is 2.23. The highest BCUT2D eigenvalue weighted by molar-refractivity contribution is 5.79. The van der Waals surface area contributed by atoms with Gasteiger partial charge in [0.05, 0.1) is 5.60 Å². The molecule has 1 unspecified atom stereocenters. The van der Waals surface area contributed by atoms with Crippen LogP contribution in [0.3, 0.4) is 0 Å². The van der Waals surface area contributed by atoms with E-state index in [4.69, 9.17) is 10.9 Å². The molecule has 4 N–H and O–H groups in total. The summed E-state index contributed by atoms with van der Waals surface area (Å²) in [5.41, 5.74) is 4.90. The first-order valence-electron chi connectivity index (χ1n) is 5.95. The van der Waals surface area contributed by atoms with Crippen molar-refractivity contribution in [3.05, 3.63) is 0 Å². The number of aliphatic hydroxyl groups is 1. The average Bonchev–Trinajstić information content (AvgIpc) is 2.40. The van der Waals surface area contributed by atoms with E-state index in [-0.39, 0.29) is 0 Å². The molecule has 0 bridgehead atoms. The molecule has 0 aromatic rings. The van der Waals surface area contributed by atoms with Gasteiger partial charge in [-0.1, -0.05) is 5.16 Å². The van der Waals surface area contributed by atoms with Crippen LogP contribution in [0.5, 0.6) is 0 Å². The van der Waals surface area contributed by atoms with Gasteiger partial charge in [-0.05, 0) is 45.7 Å². The molecule has 1 heterocycles. The van der Waals surface area contributed by atoms with E-state index in [2.05, 4.69) is 10.1 Å². The highest BCUT2D eigenvalue weighted by atomic mass is 16.4. The lowest BCUT2D eigenvalue weighted by Crippen LogP contribution is -2.29. The number of oxime groups is 1. The lowest BCUT2D eigenvalue weighted by molar-refractivity contribution is 0.0446. The zero-order valence-electron chi connectivity index (χ0n) is 10.0. The maximum Gasteiger partial charge on any atom is 0.139 e. The van der Waals surface area contributed by atoms with Crippen molar-refractivity contribution in [2.45, 2.75) is 44.6 Å². The lowest BCUT2D eigenvalue weighted by Gasteiger charge is -2.22. The van der Waals surface area contributed by atoms with Crippen LogP contribution in [-0.2, 0) is 0 Å². The van der Waals surface area contributed by atoms with Gasteiger partial charge in [-0.25, -0.2) is 0 Å². The fraction of sp³-hybridized carbons (Fsp3) is 0.909. The third-order valence-corrected chi connectivity index (χ3v) is 3.19. The Kier molecular flexibility index (Phi) is 5.02. The number of likely N-dealkylation sites (tertiary alicyclic amines) is 1. The highest BCUT2D eigenvalue weighted by Gasteiger charge is 2.24. The third kappa shape index (κ3) is 4.81. The molecule has 0 amide bonds. The lowest BCUT2D eigenvalue weighted by atomic mass is 9.98. The molecule has 0 radical (unpaired) electrons. The number of amidine groups is 1. The number of hydrogen-bond acceptors (Lipinski definition) is 4. The Morgan fingerprint density at radius 2 is 2.19 bits per heavy atom. The quantitative estimate of drug-likeness (QED) is 0.287. The molecule has 0 saturated carbocycles. The summed E-state index contributed by atoms with van der Waals surface area (Å²) in [5, 5.41) is 21.3. The van der Waals surface area contributed by atoms with Gasteiger partial charge in [-0.3, -0.25) is 0 Å². The van der Waals surface area contributed by atoms with Gasteiger partial charge in [0.1, 0.15) is 5.84 Å². The molecule has 0 spiro atoms. The van der Waals surface area contributed by atoms with E-state index in [0.29, 0.717) is 12.3 Å². The standard InChI is InChI=1S/C11H23N3O2/c1-11(15)5-3-8-14(9-6-11)7-2-4-10(12)13-16/h15-16H,2-9H2,1H3,(H2,12,13). The number of hydrogen-bond donors (Lipinski definition) is 3. The molecule has 1 fully saturated rings. The molecule has 5 nitrogen and oxygen atoms in total. The molecule has 5 heteroatoms. The molecule has 94 valence electrons. The molecule has 1 aliphatic rings. The van der Waals surface area contributed by atoms with Gasteiger partial charge < -0.3 is 20.9 Å². The second-order valence-electron chi connectivity index (χ2n) is 4.89. The minimum absolute atomic E-state index is 0.293. The van der Waals surface area contributed by atoms with Gasteiger partial charge in [0.25, 0.3) is 0 Å². The van der Waals surface area contributed by atoms with Crippen molar-refractivity contribution in [2.24, 2.45) is 10.9 Å². The van der Waals surface area contributed by atoms with Crippen LogP contribution in [0.15, 0.2) is 5.16 Å².